The Balaban J connectivity index is 1.50. The number of nitrogen functional groups attached to an aromatic ring is 1. The van der Waals surface area contributed by atoms with Gasteiger partial charge in [-0.15, -0.1) is 0 Å². The molecular weight excluding hydrogens is 500 g/mol. The number of imidazole rings is 1. The maximum Gasteiger partial charge on any atom is 0.414 e. The standard InChI is InChI=1S/C24H27ClN8O4/c1-13(12-36-18-6-7-27-15-10-28-20(26)8-14(15)18)30-22(34)17-11-29-21-16(9-19(25)31-33(17)21)32(5)23(35)37-24(2,3)4/h6-11,13H,12H2,1-5H3,(H2,26,28)(H,30,34)/t13-/m1/s1. The number of ether oxygens (including phenoxy) is 2. The van der Waals surface area contributed by atoms with Crippen molar-refractivity contribution in [2.45, 2.75) is 39.3 Å². The van der Waals surface area contributed by atoms with E-state index in [0.29, 0.717) is 22.8 Å². The van der Waals surface area contributed by atoms with E-state index < -0.39 is 17.6 Å². The molecule has 4 aromatic rings. The maximum absolute atomic E-state index is 13.1. The molecule has 4 heterocycles. The molecule has 4 rings (SSSR count). The number of anilines is 2. The lowest BCUT2D eigenvalue weighted by molar-refractivity contribution is 0.0589. The topological polar surface area (TPSA) is 150 Å². The number of nitrogens with zero attached hydrogens (tertiary/aromatic N) is 6. The van der Waals surface area contributed by atoms with Crippen LogP contribution < -0.4 is 20.7 Å². The van der Waals surface area contributed by atoms with Gasteiger partial charge in [-0.3, -0.25) is 14.7 Å². The Morgan fingerprint density at radius 1 is 1.22 bits per heavy atom. The number of hydrogen-bond donors (Lipinski definition) is 2. The van der Waals surface area contributed by atoms with Crippen LogP contribution in [0.4, 0.5) is 16.3 Å². The smallest absolute Gasteiger partial charge is 0.414 e. The van der Waals surface area contributed by atoms with Gasteiger partial charge in [-0.25, -0.2) is 19.3 Å². The molecule has 12 nitrogen and oxygen atoms in total. The second kappa shape index (κ2) is 10.1. The fraction of sp³-hybridized carbons (Fsp3) is 0.333. The summed E-state index contributed by atoms with van der Waals surface area (Å²) in [6.07, 6.45) is 3.94. The van der Waals surface area contributed by atoms with Crippen LogP contribution in [0.1, 0.15) is 38.2 Å². The first kappa shape index (κ1) is 25.9. The van der Waals surface area contributed by atoms with Gasteiger partial charge >= 0.3 is 6.09 Å². The van der Waals surface area contributed by atoms with Gasteiger partial charge in [0.05, 0.1) is 29.6 Å². The Labute approximate surface area is 217 Å². The molecule has 0 aliphatic rings. The van der Waals surface area contributed by atoms with Crippen LogP contribution in [0.25, 0.3) is 16.6 Å². The zero-order valence-electron chi connectivity index (χ0n) is 21.0. The molecule has 37 heavy (non-hydrogen) atoms. The molecule has 0 unspecified atom stereocenters. The van der Waals surface area contributed by atoms with Crippen molar-refractivity contribution in [2.24, 2.45) is 0 Å². The highest BCUT2D eigenvalue weighted by Crippen LogP contribution is 2.26. The Kier molecular flexibility index (Phi) is 7.03. The Hall–Kier alpha value is -4.19. The minimum Gasteiger partial charge on any atom is -0.491 e. The normalized spacial score (nSPS) is 12.4. The SMILES string of the molecule is C[C@H](COc1ccnc2cnc(N)cc12)NC(=O)c1cnc2c(N(C)C(=O)OC(C)(C)C)cc(Cl)nn12. The third kappa shape index (κ3) is 5.80. The summed E-state index contributed by atoms with van der Waals surface area (Å²) in [5, 5.41) is 7.85. The maximum atomic E-state index is 13.1. The number of fused-ring (bicyclic) bond motifs is 2. The second-order valence-corrected chi connectivity index (χ2v) is 9.78. The zero-order valence-corrected chi connectivity index (χ0v) is 21.8. The highest BCUT2D eigenvalue weighted by molar-refractivity contribution is 6.29. The zero-order chi connectivity index (χ0) is 26.9. The van der Waals surface area contributed by atoms with Gasteiger partial charge < -0.3 is 20.5 Å². The van der Waals surface area contributed by atoms with E-state index in [1.54, 1.807) is 52.2 Å². The number of halogens is 1. The fourth-order valence-corrected chi connectivity index (χ4v) is 3.65. The molecule has 0 aliphatic carbocycles. The van der Waals surface area contributed by atoms with E-state index in [0.717, 1.165) is 5.39 Å². The first-order valence-corrected chi connectivity index (χ1v) is 11.8. The molecule has 1 atom stereocenters. The van der Waals surface area contributed by atoms with Crippen molar-refractivity contribution in [3.05, 3.63) is 47.6 Å². The summed E-state index contributed by atoms with van der Waals surface area (Å²) in [6.45, 7) is 7.26. The summed E-state index contributed by atoms with van der Waals surface area (Å²) >= 11 is 6.21. The average molecular weight is 527 g/mol. The van der Waals surface area contributed by atoms with Crippen molar-refractivity contribution in [1.82, 2.24) is 29.9 Å². The Bertz CT molecular complexity index is 1480. The van der Waals surface area contributed by atoms with Gasteiger partial charge in [0.2, 0.25) is 0 Å². The van der Waals surface area contributed by atoms with Gasteiger partial charge in [-0.05, 0) is 39.8 Å². The molecule has 0 fully saturated rings. The van der Waals surface area contributed by atoms with Crippen LogP contribution in [0.2, 0.25) is 5.15 Å². The summed E-state index contributed by atoms with van der Waals surface area (Å²) in [5.41, 5.74) is 6.48. The van der Waals surface area contributed by atoms with Gasteiger partial charge in [-0.1, -0.05) is 11.6 Å². The summed E-state index contributed by atoms with van der Waals surface area (Å²) in [7, 11) is 1.53. The predicted molar refractivity (Wildman–Crippen MR) is 139 cm³/mol. The van der Waals surface area contributed by atoms with E-state index in [1.807, 2.05) is 0 Å². The van der Waals surface area contributed by atoms with Crippen molar-refractivity contribution >= 4 is 51.7 Å². The van der Waals surface area contributed by atoms with Crippen LogP contribution in [-0.4, -0.2) is 61.9 Å². The average Bonchev–Trinajstić information content (AvgIpc) is 3.24. The van der Waals surface area contributed by atoms with Crippen LogP contribution >= 0.6 is 11.6 Å². The van der Waals surface area contributed by atoms with Crippen LogP contribution in [-0.2, 0) is 4.74 Å². The van der Waals surface area contributed by atoms with E-state index >= 15 is 0 Å². The monoisotopic (exact) mass is 526 g/mol. The number of aromatic nitrogens is 5. The summed E-state index contributed by atoms with van der Waals surface area (Å²) in [6, 6.07) is 4.49. The molecule has 0 aliphatic heterocycles. The van der Waals surface area contributed by atoms with Crippen LogP contribution in [0.5, 0.6) is 5.75 Å². The first-order chi connectivity index (χ1) is 17.4. The predicted octanol–water partition coefficient (Wildman–Crippen LogP) is 3.48. The minimum atomic E-state index is -0.691. The highest BCUT2D eigenvalue weighted by atomic mass is 35.5. The number of amides is 2. The fourth-order valence-electron chi connectivity index (χ4n) is 3.47. The van der Waals surface area contributed by atoms with Crippen molar-refractivity contribution in [1.29, 1.82) is 0 Å². The van der Waals surface area contributed by atoms with Gasteiger partial charge in [-0.2, -0.15) is 5.10 Å². The lowest BCUT2D eigenvalue weighted by Crippen LogP contribution is -2.37. The van der Waals surface area contributed by atoms with Gasteiger partial charge in [0.15, 0.2) is 16.5 Å². The quantitative estimate of drug-likeness (QED) is 0.385. The van der Waals surface area contributed by atoms with E-state index in [9.17, 15) is 9.59 Å². The highest BCUT2D eigenvalue weighted by Gasteiger charge is 2.25. The largest absolute Gasteiger partial charge is 0.491 e. The first-order valence-electron chi connectivity index (χ1n) is 11.4. The van der Waals surface area contributed by atoms with E-state index in [-0.39, 0.29) is 29.1 Å². The molecule has 3 N–H and O–H groups in total. The van der Waals surface area contributed by atoms with E-state index in [1.165, 1.54) is 28.7 Å². The van der Waals surface area contributed by atoms with Crippen LogP contribution in [0, 0.1) is 0 Å². The van der Waals surface area contributed by atoms with Crippen molar-refractivity contribution in [2.75, 3.05) is 24.3 Å². The van der Waals surface area contributed by atoms with E-state index in [2.05, 4.69) is 25.4 Å². The molecule has 0 bridgehead atoms. The number of pyridine rings is 2. The molecule has 0 saturated carbocycles. The Morgan fingerprint density at radius 2 is 1.97 bits per heavy atom. The third-order valence-corrected chi connectivity index (χ3v) is 5.34. The van der Waals surface area contributed by atoms with Crippen molar-refractivity contribution in [3.8, 4) is 5.75 Å². The van der Waals surface area contributed by atoms with Crippen molar-refractivity contribution < 1.29 is 19.1 Å². The lowest BCUT2D eigenvalue weighted by atomic mass is 10.2. The number of nitrogens with one attached hydrogen (secondary N) is 1. The molecule has 194 valence electrons. The van der Waals surface area contributed by atoms with Gasteiger partial charge in [0.25, 0.3) is 5.91 Å². The molecule has 2 amide bonds. The molecule has 13 heteroatoms. The number of carbonyl (C=O) groups excluding carboxylic acids is 2. The summed E-state index contributed by atoms with van der Waals surface area (Å²) in [5.74, 6) is 0.470. The molecule has 0 spiro atoms. The molecular formula is C24H27ClN8O4. The third-order valence-electron chi connectivity index (χ3n) is 5.16. The van der Waals surface area contributed by atoms with Crippen LogP contribution in [0.3, 0.4) is 0 Å². The molecule has 0 radical (unpaired) electrons. The minimum absolute atomic E-state index is 0.0691. The number of hydrogen-bond acceptors (Lipinski definition) is 9. The second-order valence-electron chi connectivity index (χ2n) is 9.39. The number of rotatable bonds is 6. The molecule has 0 saturated heterocycles. The molecule has 0 aromatic carbocycles. The molecule has 4 aromatic heterocycles. The summed E-state index contributed by atoms with van der Waals surface area (Å²) < 4.78 is 12.6. The van der Waals surface area contributed by atoms with Crippen molar-refractivity contribution in [3.63, 3.8) is 0 Å². The Morgan fingerprint density at radius 3 is 2.70 bits per heavy atom. The van der Waals surface area contributed by atoms with Gasteiger partial charge in [0.1, 0.15) is 23.8 Å². The summed E-state index contributed by atoms with van der Waals surface area (Å²) in [4.78, 5) is 39.5. The van der Waals surface area contributed by atoms with Gasteiger partial charge in [0, 0.05) is 24.7 Å². The van der Waals surface area contributed by atoms with Crippen LogP contribution in [0.15, 0.2) is 36.8 Å². The lowest BCUT2D eigenvalue weighted by Gasteiger charge is -2.24. The number of nitrogens with two attached hydrogens (primary N) is 1. The number of carbonyl (C=O) groups is 2. The van der Waals surface area contributed by atoms with E-state index in [4.69, 9.17) is 26.8 Å².